The molecular weight excluding hydrogens is 1300 g/mol. The second-order valence-electron chi connectivity index (χ2n) is 25.6. The Morgan fingerprint density at radius 1 is 0.500 bits per heavy atom. The quantitative estimate of drug-likeness (QED) is 0.0167. The SMILES string of the molecule is CC[C@H](C)[C@H](NC(=O)[C@H](Cc1ccccc1)NC(=O)[C@H](CCC(=O)O)NC(=O)[C@@H](N)CCCCN)C(=O)N[C@@H](C)C(=O)N[C@@H](Cc1c[nH]c2ccccc12)C(=O)N[C@@H](CC(C)C)C(=O)N[C@H](C(=O)N[C@@H](CCCCN)C(=O)NCC(=O)N[C@@H](CCCNC(=N)N)C(=O)NCC(=O)O)C(C)C. The van der Waals surface area contributed by atoms with E-state index in [1.165, 1.54) is 6.92 Å². The first-order valence-corrected chi connectivity index (χ1v) is 33.9. The minimum atomic E-state index is -1.43. The van der Waals surface area contributed by atoms with Gasteiger partial charge in [-0.25, -0.2) is 0 Å². The van der Waals surface area contributed by atoms with Crippen molar-refractivity contribution >= 4 is 93.8 Å². The van der Waals surface area contributed by atoms with Crippen LogP contribution in [-0.2, 0) is 75.2 Å². The fourth-order valence-electron chi connectivity index (χ4n) is 10.5. The molecule has 0 fully saturated rings. The Bertz CT molecular complexity index is 3220. The highest BCUT2D eigenvalue weighted by Gasteiger charge is 2.37. The standard InChI is InChI=1S/C67H106N18O15/c1-8-39(6)56(85-64(98)50(32-41-19-10-9-11-20-41)83-61(95)48(26-27-53(87)88)79-58(92)44(70)22-14-16-28-68)66(100)77-40(7)57(91)81-51(33-42-34-74-45-23-13-12-21-43(42)45)62(96)82-49(31-37(2)3)63(97)84-55(38(4)5)65(99)80-47(24-15-17-29-69)60(94)75-35-52(86)78-46(25-18-30-73-67(71)72)59(93)76-36-54(89)90/h9-13,19-21,23,34,37-40,44,46-51,55-56,74H,8,14-18,22,24-33,35-36,68-70H2,1-7H3,(H,75,94)(H,76,93)(H,77,100)(H,78,86)(H,79,92)(H,80,99)(H,81,91)(H,82,96)(H,83,95)(H,84,97)(H,85,98)(H,87,88)(H,89,90)(H4,71,72,73)/t39-,40-,44-,46-,47-,48-,49-,50-,51-,55-,56-/m0/s1. The highest BCUT2D eigenvalue weighted by molar-refractivity contribution is 5.99. The maximum absolute atomic E-state index is 14.8. The number of benzene rings is 2. The molecule has 1 aromatic heterocycles. The molecule has 0 saturated carbocycles. The number of carbonyl (C=O) groups is 13. The van der Waals surface area contributed by atoms with Gasteiger partial charge in [0.2, 0.25) is 65.0 Å². The summed E-state index contributed by atoms with van der Waals surface area (Å²) in [6, 6.07) is 2.60. The molecular formula is C67H106N18O15. The number of carboxylic acid groups (broad SMARTS) is 2. The van der Waals surface area contributed by atoms with Gasteiger partial charge in [0, 0.05) is 42.9 Å². The smallest absolute Gasteiger partial charge is 0.322 e. The van der Waals surface area contributed by atoms with E-state index >= 15 is 0 Å². The molecule has 0 unspecified atom stereocenters. The Kier molecular flexibility index (Phi) is 37.4. The van der Waals surface area contributed by atoms with E-state index in [1.807, 2.05) is 6.07 Å². The Morgan fingerprint density at radius 3 is 1.62 bits per heavy atom. The summed E-state index contributed by atoms with van der Waals surface area (Å²) in [6.45, 7) is 11.0. The molecule has 554 valence electrons. The normalized spacial score (nSPS) is 14.5. The van der Waals surface area contributed by atoms with Gasteiger partial charge in [-0.2, -0.15) is 0 Å². The Morgan fingerprint density at radius 2 is 1.01 bits per heavy atom. The highest BCUT2D eigenvalue weighted by atomic mass is 16.4. The largest absolute Gasteiger partial charge is 0.481 e. The molecule has 24 N–H and O–H groups in total. The number of H-pyrrole nitrogens is 1. The van der Waals surface area contributed by atoms with E-state index in [-0.39, 0.29) is 76.3 Å². The van der Waals surface area contributed by atoms with Gasteiger partial charge in [0.05, 0.1) is 12.6 Å². The highest BCUT2D eigenvalue weighted by Crippen LogP contribution is 2.21. The van der Waals surface area contributed by atoms with Crippen LogP contribution in [0.5, 0.6) is 0 Å². The van der Waals surface area contributed by atoms with Crippen LogP contribution in [0.15, 0.2) is 60.8 Å². The van der Waals surface area contributed by atoms with Crippen molar-refractivity contribution in [2.24, 2.45) is 40.7 Å². The number of amides is 11. The fraction of sp³-hybridized carbons (Fsp3) is 0.582. The van der Waals surface area contributed by atoms with Crippen LogP contribution in [0, 0.1) is 23.2 Å². The minimum absolute atomic E-state index is 0.00452. The third kappa shape index (κ3) is 30.6. The number of hydrogen-bond acceptors (Lipinski definition) is 17. The molecule has 33 nitrogen and oxygen atoms in total. The second-order valence-corrected chi connectivity index (χ2v) is 25.6. The number of rotatable bonds is 47. The van der Waals surface area contributed by atoms with E-state index in [9.17, 15) is 67.4 Å². The molecule has 3 rings (SSSR count). The van der Waals surface area contributed by atoms with Crippen LogP contribution >= 0.6 is 0 Å². The molecule has 0 spiro atoms. The van der Waals surface area contributed by atoms with Crippen molar-refractivity contribution in [1.82, 2.24) is 68.8 Å². The topological polar surface area (TPSA) is 550 Å². The van der Waals surface area contributed by atoms with Crippen LogP contribution in [0.3, 0.4) is 0 Å². The number of fused-ring (bicyclic) bond motifs is 1. The van der Waals surface area contributed by atoms with Crippen LogP contribution in [0.1, 0.15) is 137 Å². The van der Waals surface area contributed by atoms with E-state index in [0.717, 1.165) is 0 Å². The van der Waals surface area contributed by atoms with Crippen LogP contribution in [0.25, 0.3) is 10.9 Å². The van der Waals surface area contributed by atoms with E-state index in [1.54, 1.807) is 96.3 Å². The summed E-state index contributed by atoms with van der Waals surface area (Å²) in [5.74, 6) is -13.3. The van der Waals surface area contributed by atoms with Crippen LogP contribution in [-0.4, -0.2) is 191 Å². The summed E-state index contributed by atoms with van der Waals surface area (Å²) in [7, 11) is 0. The minimum Gasteiger partial charge on any atom is -0.481 e. The molecule has 0 aliphatic rings. The summed E-state index contributed by atoms with van der Waals surface area (Å²) >= 11 is 0. The molecule has 100 heavy (non-hydrogen) atoms. The molecule has 3 aromatic rings. The van der Waals surface area contributed by atoms with Crippen molar-refractivity contribution in [2.75, 3.05) is 32.7 Å². The predicted octanol–water partition coefficient (Wildman–Crippen LogP) is -1.89. The van der Waals surface area contributed by atoms with Gasteiger partial charge in [0.25, 0.3) is 0 Å². The molecule has 1 heterocycles. The molecule has 0 bridgehead atoms. The van der Waals surface area contributed by atoms with Gasteiger partial charge in [0.1, 0.15) is 60.9 Å². The molecule has 11 atom stereocenters. The number of unbranched alkanes of at least 4 members (excludes halogenated alkanes) is 2. The molecule has 0 aliphatic heterocycles. The van der Waals surface area contributed by atoms with Gasteiger partial charge >= 0.3 is 11.9 Å². The number of aliphatic carboxylic acids is 2. The molecule has 0 radical (unpaired) electrons. The maximum Gasteiger partial charge on any atom is 0.322 e. The van der Waals surface area contributed by atoms with Crippen molar-refractivity contribution in [3.63, 3.8) is 0 Å². The number of para-hydroxylation sites is 1. The lowest BCUT2D eigenvalue weighted by Gasteiger charge is -2.29. The predicted molar refractivity (Wildman–Crippen MR) is 372 cm³/mol. The van der Waals surface area contributed by atoms with Crippen LogP contribution in [0.2, 0.25) is 0 Å². The van der Waals surface area contributed by atoms with E-state index < -0.39 is 169 Å². The van der Waals surface area contributed by atoms with Crippen molar-refractivity contribution < 1.29 is 72.5 Å². The second kappa shape index (κ2) is 44.3. The Hall–Kier alpha value is -9.76. The zero-order chi connectivity index (χ0) is 74.6. The van der Waals surface area contributed by atoms with E-state index in [0.29, 0.717) is 60.7 Å². The van der Waals surface area contributed by atoms with Crippen LogP contribution < -0.4 is 86.7 Å². The number of aromatic amines is 1. The summed E-state index contributed by atoms with van der Waals surface area (Å²) < 4.78 is 0. The number of nitrogens with one attached hydrogen (secondary N) is 14. The monoisotopic (exact) mass is 1400 g/mol. The Balaban J connectivity index is 1.90. The van der Waals surface area contributed by atoms with Gasteiger partial charge in [0.15, 0.2) is 5.96 Å². The average molecular weight is 1400 g/mol. The first-order valence-electron chi connectivity index (χ1n) is 33.9. The zero-order valence-corrected chi connectivity index (χ0v) is 58.2. The molecule has 0 saturated heterocycles. The van der Waals surface area contributed by atoms with Crippen molar-refractivity contribution in [3.8, 4) is 0 Å². The number of hydrogen-bond donors (Lipinski definition) is 20. The molecule has 33 heteroatoms. The van der Waals surface area contributed by atoms with E-state index in [2.05, 4.69) is 68.8 Å². The van der Waals surface area contributed by atoms with Crippen molar-refractivity contribution in [2.45, 2.75) is 199 Å². The van der Waals surface area contributed by atoms with Crippen molar-refractivity contribution in [3.05, 3.63) is 71.9 Å². The number of carbonyl (C=O) groups excluding carboxylic acids is 11. The van der Waals surface area contributed by atoms with Gasteiger partial charge in [-0.05, 0) is 113 Å². The van der Waals surface area contributed by atoms with Gasteiger partial charge in [-0.1, -0.05) is 103 Å². The molecule has 2 aromatic carbocycles. The molecule has 11 amide bonds. The van der Waals surface area contributed by atoms with Gasteiger partial charge in [-0.3, -0.25) is 67.7 Å². The lowest BCUT2D eigenvalue weighted by molar-refractivity contribution is -0.139. The summed E-state index contributed by atoms with van der Waals surface area (Å²) in [5, 5.41) is 57.9. The lowest BCUT2D eigenvalue weighted by Crippen LogP contribution is -2.61. The maximum atomic E-state index is 14.8. The van der Waals surface area contributed by atoms with E-state index in [4.69, 9.17) is 33.5 Å². The Labute approximate surface area is 582 Å². The summed E-state index contributed by atoms with van der Waals surface area (Å²) in [6.07, 6.45) is 3.29. The molecule has 0 aliphatic carbocycles. The van der Waals surface area contributed by atoms with Crippen molar-refractivity contribution in [1.29, 1.82) is 5.41 Å². The van der Waals surface area contributed by atoms with Crippen LogP contribution in [0.4, 0.5) is 0 Å². The number of nitrogens with two attached hydrogens (primary N) is 4. The number of carboxylic acids is 2. The van der Waals surface area contributed by atoms with Gasteiger partial charge < -0.3 is 102 Å². The third-order valence-electron chi connectivity index (χ3n) is 16.4. The zero-order valence-electron chi connectivity index (χ0n) is 58.2. The lowest BCUT2D eigenvalue weighted by atomic mass is 9.96. The fourth-order valence-corrected chi connectivity index (χ4v) is 10.5. The summed E-state index contributed by atoms with van der Waals surface area (Å²) in [5.41, 5.74) is 24.7. The van der Waals surface area contributed by atoms with Gasteiger partial charge in [-0.15, -0.1) is 0 Å². The third-order valence-corrected chi connectivity index (χ3v) is 16.4. The average Bonchev–Trinajstić information content (AvgIpc) is 1.86. The summed E-state index contributed by atoms with van der Waals surface area (Å²) in [4.78, 5) is 180. The first-order chi connectivity index (χ1) is 47.4. The number of aromatic nitrogens is 1. The number of guanidine groups is 1. The first kappa shape index (κ1) is 84.5.